The first-order chi connectivity index (χ1) is 7.67. The van der Waals surface area contributed by atoms with Gasteiger partial charge in [0.1, 0.15) is 0 Å². The minimum atomic E-state index is -0.333. The van der Waals surface area contributed by atoms with Crippen molar-refractivity contribution in [2.75, 3.05) is 18.3 Å². The molecule has 1 fully saturated rings. The van der Waals surface area contributed by atoms with E-state index in [4.69, 9.17) is 5.73 Å². The highest BCUT2D eigenvalue weighted by atomic mass is 32.2. The zero-order valence-corrected chi connectivity index (χ0v) is 11.7. The van der Waals surface area contributed by atoms with E-state index in [0.29, 0.717) is 11.3 Å². The Morgan fingerprint density at radius 2 is 2.25 bits per heavy atom. The largest absolute Gasteiger partial charge is 0.352 e. The second-order valence-electron chi connectivity index (χ2n) is 4.26. The molecule has 1 aliphatic rings. The lowest BCUT2D eigenvalue weighted by Gasteiger charge is -2.16. The SMILES string of the molecule is CSCC[C@H](N)C(=O)NC1CCC(SC)C1. The summed E-state index contributed by atoms with van der Waals surface area (Å²) < 4.78 is 0. The normalized spacial score (nSPS) is 26.7. The summed E-state index contributed by atoms with van der Waals surface area (Å²) in [5, 5.41) is 3.78. The van der Waals surface area contributed by atoms with Crippen LogP contribution in [0.4, 0.5) is 0 Å². The molecule has 0 heterocycles. The summed E-state index contributed by atoms with van der Waals surface area (Å²) in [5.41, 5.74) is 5.82. The zero-order valence-electron chi connectivity index (χ0n) is 10.1. The Bertz CT molecular complexity index is 226. The second-order valence-corrected chi connectivity index (χ2v) is 6.39. The number of carbonyl (C=O) groups is 1. The van der Waals surface area contributed by atoms with E-state index in [0.717, 1.165) is 25.0 Å². The van der Waals surface area contributed by atoms with Gasteiger partial charge in [0.05, 0.1) is 6.04 Å². The predicted molar refractivity (Wildman–Crippen MR) is 74.1 cm³/mol. The fourth-order valence-corrected chi connectivity index (χ4v) is 3.26. The first-order valence-corrected chi connectivity index (χ1v) is 8.43. The van der Waals surface area contributed by atoms with Crippen LogP contribution in [0.2, 0.25) is 0 Å². The van der Waals surface area contributed by atoms with Crippen LogP contribution in [0.15, 0.2) is 0 Å². The molecule has 0 saturated heterocycles. The van der Waals surface area contributed by atoms with Crippen molar-refractivity contribution < 1.29 is 4.79 Å². The fraction of sp³-hybridized carbons (Fsp3) is 0.909. The lowest BCUT2D eigenvalue weighted by atomic mass is 10.2. The topological polar surface area (TPSA) is 55.1 Å². The average molecular weight is 262 g/mol. The maximum Gasteiger partial charge on any atom is 0.237 e. The van der Waals surface area contributed by atoms with Crippen molar-refractivity contribution in [2.24, 2.45) is 5.73 Å². The molecule has 0 aromatic rings. The van der Waals surface area contributed by atoms with Crippen LogP contribution in [0, 0.1) is 0 Å². The third-order valence-corrected chi connectivity index (χ3v) is 4.77. The van der Waals surface area contributed by atoms with Gasteiger partial charge in [-0.1, -0.05) is 0 Å². The van der Waals surface area contributed by atoms with E-state index in [1.165, 1.54) is 6.42 Å². The van der Waals surface area contributed by atoms with Gasteiger partial charge >= 0.3 is 0 Å². The summed E-state index contributed by atoms with van der Waals surface area (Å²) in [6.45, 7) is 0. The summed E-state index contributed by atoms with van der Waals surface area (Å²) in [6, 6.07) is 0.0195. The highest BCUT2D eigenvalue weighted by Crippen LogP contribution is 2.28. The molecular weight excluding hydrogens is 240 g/mol. The van der Waals surface area contributed by atoms with E-state index >= 15 is 0 Å². The highest BCUT2D eigenvalue weighted by Gasteiger charge is 2.26. The first kappa shape index (κ1) is 14.2. The number of carbonyl (C=O) groups excluding carboxylic acids is 1. The highest BCUT2D eigenvalue weighted by molar-refractivity contribution is 7.99. The van der Waals surface area contributed by atoms with E-state index in [-0.39, 0.29) is 11.9 Å². The quantitative estimate of drug-likeness (QED) is 0.761. The van der Waals surface area contributed by atoms with Gasteiger partial charge in [-0.25, -0.2) is 0 Å². The Balaban J connectivity index is 2.23. The van der Waals surface area contributed by atoms with Gasteiger partial charge in [0, 0.05) is 11.3 Å². The third-order valence-electron chi connectivity index (χ3n) is 3.03. The lowest BCUT2D eigenvalue weighted by molar-refractivity contribution is -0.123. The maximum absolute atomic E-state index is 11.7. The summed E-state index contributed by atoms with van der Waals surface area (Å²) in [7, 11) is 0. The van der Waals surface area contributed by atoms with Gasteiger partial charge in [-0.2, -0.15) is 23.5 Å². The van der Waals surface area contributed by atoms with Gasteiger partial charge in [-0.15, -0.1) is 0 Å². The maximum atomic E-state index is 11.7. The smallest absolute Gasteiger partial charge is 0.237 e. The van der Waals surface area contributed by atoms with Crippen LogP contribution in [-0.4, -0.2) is 41.5 Å². The Morgan fingerprint density at radius 3 is 2.81 bits per heavy atom. The van der Waals surface area contributed by atoms with Crippen LogP contribution in [0.1, 0.15) is 25.7 Å². The summed E-state index contributed by atoms with van der Waals surface area (Å²) in [6.07, 6.45) is 8.36. The summed E-state index contributed by atoms with van der Waals surface area (Å²) >= 11 is 3.63. The molecule has 0 aliphatic heterocycles. The van der Waals surface area contributed by atoms with Gasteiger partial charge in [0.2, 0.25) is 5.91 Å². The van der Waals surface area contributed by atoms with E-state index in [1.54, 1.807) is 11.8 Å². The number of thioether (sulfide) groups is 2. The Hall–Kier alpha value is 0.130. The average Bonchev–Trinajstić information content (AvgIpc) is 2.73. The molecule has 0 radical (unpaired) electrons. The zero-order chi connectivity index (χ0) is 12.0. The van der Waals surface area contributed by atoms with E-state index < -0.39 is 0 Å². The molecule has 0 bridgehead atoms. The molecule has 0 aromatic carbocycles. The van der Waals surface area contributed by atoms with E-state index in [1.807, 2.05) is 18.0 Å². The van der Waals surface area contributed by atoms with Crippen LogP contribution >= 0.6 is 23.5 Å². The van der Waals surface area contributed by atoms with Crippen LogP contribution < -0.4 is 11.1 Å². The van der Waals surface area contributed by atoms with Crippen molar-refractivity contribution in [3.05, 3.63) is 0 Å². The second kappa shape index (κ2) is 7.45. The summed E-state index contributed by atoms with van der Waals surface area (Å²) in [4.78, 5) is 11.7. The molecule has 1 rings (SSSR count). The standard InChI is InChI=1S/C11H22N2OS2/c1-15-6-5-10(12)11(14)13-8-3-4-9(7-8)16-2/h8-10H,3-7,12H2,1-2H3,(H,13,14)/t8?,9?,10-/m0/s1. The third kappa shape index (κ3) is 4.55. The van der Waals surface area contributed by atoms with Crippen LogP contribution in [0.5, 0.6) is 0 Å². The van der Waals surface area contributed by atoms with Crippen molar-refractivity contribution in [1.29, 1.82) is 0 Å². The number of hydrogen-bond acceptors (Lipinski definition) is 4. The van der Waals surface area contributed by atoms with E-state index in [2.05, 4.69) is 11.6 Å². The molecule has 0 spiro atoms. The molecule has 3 atom stereocenters. The number of hydrogen-bond donors (Lipinski definition) is 2. The molecule has 3 nitrogen and oxygen atoms in total. The molecule has 94 valence electrons. The molecular formula is C11H22N2OS2. The number of nitrogens with one attached hydrogen (secondary N) is 1. The number of amides is 1. The van der Waals surface area contributed by atoms with Gasteiger partial charge in [0.25, 0.3) is 0 Å². The molecule has 1 aliphatic carbocycles. The molecule has 3 N–H and O–H groups in total. The number of rotatable bonds is 6. The van der Waals surface area contributed by atoms with Crippen LogP contribution in [0.3, 0.4) is 0 Å². The first-order valence-electron chi connectivity index (χ1n) is 5.75. The minimum absolute atomic E-state index is 0.0285. The van der Waals surface area contributed by atoms with Gasteiger partial charge < -0.3 is 11.1 Å². The van der Waals surface area contributed by atoms with Crippen molar-refractivity contribution in [2.45, 2.75) is 43.0 Å². The lowest BCUT2D eigenvalue weighted by Crippen LogP contribution is -2.44. The van der Waals surface area contributed by atoms with Gasteiger partial charge in [0.15, 0.2) is 0 Å². The van der Waals surface area contributed by atoms with Gasteiger partial charge in [-0.05, 0) is 43.9 Å². The van der Waals surface area contributed by atoms with Gasteiger partial charge in [-0.3, -0.25) is 4.79 Å². The molecule has 1 amide bonds. The van der Waals surface area contributed by atoms with Crippen molar-refractivity contribution in [3.8, 4) is 0 Å². The molecule has 1 saturated carbocycles. The van der Waals surface area contributed by atoms with Crippen LogP contribution in [-0.2, 0) is 4.79 Å². The summed E-state index contributed by atoms with van der Waals surface area (Å²) in [5.74, 6) is 0.980. The van der Waals surface area contributed by atoms with E-state index in [9.17, 15) is 4.79 Å². The Kier molecular flexibility index (Phi) is 6.61. The molecule has 2 unspecified atom stereocenters. The molecule has 5 heteroatoms. The fourth-order valence-electron chi connectivity index (χ4n) is 1.97. The van der Waals surface area contributed by atoms with Crippen molar-refractivity contribution in [1.82, 2.24) is 5.32 Å². The Labute approximate surface area is 107 Å². The molecule has 0 aromatic heterocycles. The van der Waals surface area contributed by atoms with Crippen molar-refractivity contribution >= 4 is 29.4 Å². The van der Waals surface area contributed by atoms with Crippen LogP contribution in [0.25, 0.3) is 0 Å². The predicted octanol–water partition coefficient (Wildman–Crippen LogP) is 1.47. The monoisotopic (exact) mass is 262 g/mol. The molecule has 16 heavy (non-hydrogen) atoms. The van der Waals surface area contributed by atoms with Crippen molar-refractivity contribution in [3.63, 3.8) is 0 Å². The minimum Gasteiger partial charge on any atom is -0.352 e. The number of nitrogens with two attached hydrogens (primary N) is 1. The Morgan fingerprint density at radius 1 is 1.50 bits per heavy atom.